The summed E-state index contributed by atoms with van der Waals surface area (Å²) in [5.41, 5.74) is -1.40. The van der Waals surface area contributed by atoms with E-state index in [4.69, 9.17) is 5.41 Å². The highest BCUT2D eigenvalue weighted by atomic mass is 16.6. The Kier molecular flexibility index (Phi) is 2.56. The third kappa shape index (κ3) is 1.41. The molecule has 7 nitrogen and oxygen atoms in total. The molecular formula is C11H16N5O2. The predicted molar refractivity (Wildman–Crippen MR) is 66.0 cm³/mol. The van der Waals surface area contributed by atoms with Crippen LogP contribution in [0.15, 0.2) is 21.4 Å². The lowest BCUT2D eigenvalue weighted by Gasteiger charge is -2.36. The van der Waals surface area contributed by atoms with Gasteiger partial charge < -0.3 is 0 Å². The van der Waals surface area contributed by atoms with Crippen molar-refractivity contribution in [3.8, 4) is 0 Å². The highest BCUT2D eigenvalue weighted by molar-refractivity contribution is 6.19. The number of amidine groups is 1. The molecule has 0 amide bonds. The van der Waals surface area contributed by atoms with Gasteiger partial charge in [0.25, 0.3) is 0 Å². The van der Waals surface area contributed by atoms with Crippen LogP contribution >= 0.6 is 0 Å². The second-order valence-corrected chi connectivity index (χ2v) is 5.33. The van der Waals surface area contributed by atoms with Crippen LogP contribution in [0.1, 0.15) is 27.7 Å². The summed E-state index contributed by atoms with van der Waals surface area (Å²) in [6.45, 7) is 7.00. The summed E-state index contributed by atoms with van der Waals surface area (Å²) in [7, 11) is 0. The van der Waals surface area contributed by atoms with Crippen molar-refractivity contribution < 1.29 is 10.4 Å². The van der Waals surface area contributed by atoms with Gasteiger partial charge in [-0.05, 0) is 27.7 Å². The third-order valence-corrected chi connectivity index (χ3v) is 3.88. The van der Waals surface area contributed by atoms with Crippen LogP contribution in [-0.2, 0) is 5.21 Å². The Morgan fingerprint density at radius 1 is 1.28 bits per heavy atom. The molecule has 7 heteroatoms. The molecule has 2 heterocycles. The lowest BCUT2D eigenvalue weighted by Crippen LogP contribution is -2.52. The van der Waals surface area contributed by atoms with Gasteiger partial charge in [-0.15, -0.1) is 0 Å². The first kappa shape index (κ1) is 12.7. The van der Waals surface area contributed by atoms with Crippen LogP contribution < -0.4 is 0 Å². The second kappa shape index (κ2) is 3.63. The number of hydrogen-bond donors (Lipinski definition) is 2. The molecule has 0 aromatic heterocycles. The maximum atomic E-state index is 12.3. The first-order valence-corrected chi connectivity index (χ1v) is 5.56. The van der Waals surface area contributed by atoms with E-state index < -0.39 is 11.1 Å². The van der Waals surface area contributed by atoms with E-state index in [1.54, 1.807) is 27.7 Å². The topological polar surface area (TPSA) is 95.2 Å². The summed E-state index contributed by atoms with van der Waals surface area (Å²) in [5.74, 6) is -0.0796. The minimum absolute atomic E-state index is 0.00981. The molecule has 2 rings (SSSR count). The molecule has 0 aromatic carbocycles. The Morgan fingerprint density at radius 2 is 1.89 bits per heavy atom. The van der Waals surface area contributed by atoms with Gasteiger partial charge in [-0.1, -0.05) is 5.21 Å². The van der Waals surface area contributed by atoms with Crippen molar-refractivity contribution in [1.29, 1.82) is 5.41 Å². The van der Waals surface area contributed by atoms with Gasteiger partial charge in [0, 0.05) is 6.21 Å². The molecule has 0 unspecified atom stereocenters. The first-order valence-electron chi connectivity index (χ1n) is 5.56. The molecule has 18 heavy (non-hydrogen) atoms. The minimum atomic E-state index is -0.834. The lowest BCUT2D eigenvalue weighted by molar-refractivity contribution is -0.181. The Bertz CT molecular complexity index is 468. The normalized spacial score (nSPS) is 29.3. The molecule has 0 atom stereocenters. The zero-order chi connectivity index (χ0) is 13.7. The number of hydrogen-bond acceptors (Lipinski definition) is 5. The van der Waals surface area contributed by atoms with Crippen molar-refractivity contribution in [1.82, 2.24) is 10.1 Å². The SMILES string of the molecule is CC1(C)N([O])/C(=C2\C=NC=NC2=N)N(O)C1(C)C. The van der Waals surface area contributed by atoms with Crippen LogP contribution in [0.2, 0.25) is 0 Å². The first-order chi connectivity index (χ1) is 8.21. The van der Waals surface area contributed by atoms with Gasteiger partial charge >= 0.3 is 0 Å². The Morgan fingerprint density at radius 3 is 2.33 bits per heavy atom. The van der Waals surface area contributed by atoms with Crippen LogP contribution in [0, 0.1) is 5.41 Å². The van der Waals surface area contributed by atoms with Crippen LogP contribution in [0.3, 0.4) is 0 Å². The molecule has 0 bridgehead atoms. The average molecular weight is 250 g/mol. The molecule has 1 fully saturated rings. The van der Waals surface area contributed by atoms with Gasteiger partial charge in [0.15, 0.2) is 11.7 Å². The molecular weight excluding hydrogens is 234 g/mol. The maximum absolute atomic E-state index is 12.3. The second-order valence-electron chi connectivity index (χ2n) is 5.33. The van der Waals surface area contributed by atoms with E-state index in [-0.39, 0.29) is 17.2 Å². The number of nitrogens with zero attached hydrogens (tertiary/aromatic N) is 4. The van der Waals surface area contributed by atoms with E-state index in [9.17, 15) is 10.4 Å². The van der Waals surface area contributed by atoms with Crippen molar-refractivity contribution in [3.05, 3.63) is 11.4 Å². The molecule has 2 N–H and O–H groups in total. The fourth-order valence-electron chi connectivity index (χ4n) is 1.84. The largest absolute Gasteiger partial charge is 0.286 e. The Balaban J connectivity index is 2.61. The fourth-order valence-corrected chi connectivity index (χ4v) is 1.84. The highest BCUT2D eigenvalue weighted by Gasteiger charge is 2.57. The molecule has 1 saturated heterocycles. The van der Waals surface area contributed by atoms with E-state index >= 15 is 0 Å². The Labute approximate surface area is 105 Å². The highest BCUT2D eigenvalue weighted by Crippen LogP contribution is 2.44. The molecule has 97 valence electrons. The summed E-state index contributed by atoms with van der Waals surface area (Å²) >= 11 is 0. The monoisotopic (exact) mass is 250 g/mol. The quantitative estimate of drug-likeness (QED) is 0.676. The van der Waals surface area contributed by atoms with Crippen molar-refractivity contribution in [2.24, 2.45) is 9.98 Å². The number of hydroxylamine groups is 4. The smallest absolute Gasteiger partial charge is 0.169 e. The zero-order valence-electron chi connectivity index (χ0n) is 10.8. The third-order valence-electron chi connectivity index (χ3n) is 3.88. The van der Waals surface area contributed by atoms with Gasteiger partial charge in [0.05, 0.1) is 16.7 Å². The van der Waals surface area contributed by atoms with Crippen LogP contribution in [0.4, 0.5) is 0 Å². The summed E-state index contributed by atoms with van der Waals surface area (Å²) in [4.78, 5) is 7.52. The number of rotatable bonds is 0. The summed E-state index contributed by atoms with van der Waals surface area (Å²) in [6.07, 6.45) is 2.59. The average Bonchev–Trinajstić information content (AvgIpc) is 2.40. The van der Waals surface area contributed by atoms with Crippen LogP contribution in [-0.4, -0.2) is 44.8 Å². The van der Waals surface area contributed by atoms with Gasteiger partial charge in [-0.25, -0.2) is 15.0 Å². The minimum Gasteiger partial charge on any atom is -0.286 e. The van der Waals surface area contributed by atoms with Crippen molar-refractivity contribution in [3.63, 3.8) is 0 Å². The van der Waals surface area contributed by atoms with E-state index in [1.165, 1.54) is 12.6 Å². The van der Waals surface area contributed by atoms with Gasteiger partial charge in [0.2, 0.25) is 0 Å². The molecule has 0 spiro atoms. The van der Waals surface area contributed by atoms with E-state index in [2.05, 4.69) is 9.98 Å². The predicted octanol–water partition coefficient (Wildman–Crippen LogP) is 1.20. The van der Waals surface area contributed by atoms with E-state index in [0.717, 1.165) is 5.06 Å². The Hall–Kier alpha value is -1.73. The van der Waals surface area contributed by atoms with Gasteiger partial charge in [-0.2, -0.15) is 5.06 Å². The fraction of sp³-hybridized carbons (Fsp3) is 0.545. The zero-order valence-corrected chi connectivity index (χ0v) is 10.8. The summed E-state index contributed by atoms with van der Waals surface area (Å²) < 4.78 is 0. The number of aliphatic imine (C=N–C) groups is 2. The maximum Gasteiger partial charge on any atom is 0.169 e. The number of nitrogens with one attached hydrogen (secondary N) is 1. The molecule has 2 aliphatic rings. The van der Waals surface area contributed by atoms with Gasteiger partial charge in [-0.3, -0.25) is 10.6 Å². The molecule has 2 aliphatic heterocycles. The molecule has 0 aromatic rings. The van der Waals surface area contributed by atoms with Crippen molar-refractivity contribution in [2.75, 3.05) is 0 Å². The lowest BCUT2D eigenvalue weighted by atomic mass is 9.84. The molecule has 0 saturated carbocycles. The van der Waals surface area contributed by atoms with E-state index in [0.29, 0.717) is 5.06 Å². The van der Waals surface area contributed by atoms with Crippen molar-refractivity contribution in [2.45, 2.75) is 38.8 Å². The van der Waals surface area contributed by atoms with E-state index in [1.807, 2.05) is 0 Å². The van der Waals surface area contributed by atoms with Gasteiger partial charge in [0.1, 0.15) is 6.34 Å². The summed E-state index contributed by atoms with van der Waals surface area (Å²) in [6, 6.07) is 0. The van der Waals surface area contributed by atoms with Crippen LogP contribution in [0.5, 0.6) is 0 Å². The van der Waals surface area contributed by atoms with Crippen LogP contribution in [0.25, 0.3) is 0 Å². The standard InChI is InChI=1S/C11H16N5O2/c1-10(2)11(3,4)16(18)9(15(10)17)7-5-13-6-14-8(7)12/h5-6,12,17H,1-4H3/b9-7+,12-8?. The van der Waals surface area contributed by atoms with Crippen molar-refractivity contribution >= 4 is 18.4 Å². The summed E-state index contributed by atoms with van der Waals surface area (Å²) in [5, 5.41) is 31.9. The molecule has 0 aliphatic carbocycles. The molecule has 1 radical (unpaired) electrons.